The normalized spacial score (nSPS) is 18.8. The SMILES string of the molecule is CCC1CCC(C(=O)CCc2ccc(Cn3c(=O)[nH]c(=O)c4c3ncn4CC)cc2)CC1. The van der Waals surface area contributed by atoms with Crippen LogP contribution in [-0.4, -0.2) is 24.9 Å². The van der Waals surface area contributed by atoms with Crippen LogP contribution >= 0.6 is 0 Å². The van der Waals surface area contributed by atoms with Crippen molar-refractivity contribution in [1.29, 1.82) is 0 Å². The number of rotatable bonds is 8. The van der Waals surface area contributed by atoms with Crippen molar-refractivity contribution in [2.75, 3.05) is 0 Å². The van der Waals surface area contributed by atoms with Gasteiger partial charge < -0.3 is 4.57 Å². The summed E-state index contributed by atoms with van der Waals surface area (Å²) in [6.07, 6.45) is 8.63. The molecule has 4 rings (SSSR count). The number of H-pyrrole nitrogens is 1. The minimum atomic E-state index is -0.462. The van der Waals surface area contributed by atoms with E-state index in [1.54, 1.807) is 10.9 Å². The van der Waals surface area contributed by atoms with E-state index < -0.39 is 11.2 Å². The molecule has 7 nitrogen and oxygen atoms in total. The van der Waals surface area contributed by atoms with Gasteiger partial charge in [0.1, 0.15) is 5.78 Å². The van der Waals surface area contributed by atoms with Crippen molar-refractivity contribution in [3.05, 3.63) is 62.6 Å². The number of hydrogen-bond donors (Lipinski definition) is 1. The number of carbonyl (C=O) groups is 1. The first-order valence-electron chi connectivity index (χ1n) is 11.8. The van der Waals surface area contributed by atoms with Gasteiger partial charge in [0, 0.05) is 18.9 Å². The number of ketones is 1. The lowest BCUT2D eigenvalue weighted by molar-refractivity contribution is -0.124. The Morgan fingerprint density at radius 3 is 2.41 bits per heavy atom. The van der Waals surface area contributed by atoms with Gasteiger partial charge >= 0.3 is 5.69 Å². The summed E-state index contributed by atoms with van der Waals surface area (Å²) in [6.45, 7) is 5.10. The van der Waals surface area contributed by atoms with Crippen molar-refractivity contribution in [2.24, 2.45) is 11.8 Å². The molecule has 0 unspecified atom stereocenters. The second-order valence-electron chi connectivity index (χ2n) is 8.96. The van der Waals surface area contributed by atoms with Gasteiger partial charge in [-0.3, -0.25) is 19.1 Å². The number of Topliss-reactive ketones (excluding diaryl/α,β-unsaturated/α-hetero) is 1. The highest BCUT2D eigenvalue weighted by atomic mass is 16.2. The minimum absolute atomic E-state index is 0.245. The molecule has 1 aromatic carbocycles. The second-order valence-corrected chi connectivity index (χ2v) is 8.96. The number of carbonyl (C=O) groups excluding carboxylic acids is 1. The molecule has 1 fully saturated rings. The molecule has 2 heterocycles. The Balaban J connectivity index is 1.41. The summed E-state index contributed by atoms with van der Waals surface area (Å²) in [7, 11) is 0. The quantitative estimate of drug-likeness (QED) is 0.583. The summed E-state index contributed by atoms with van der Waals surface area (Å²) >= 11 is 0. The highest BCUT2D eigenvalue weighted by Crippen LogP contribution is 2.31. The molecule has 0 aliphatic heterocycles. The third kappa shape index (κ3) is 4.61. The first-order valence-corrected chi connectivity index (χ1v) is 11.8. The zero-order valence-corrected chi connectivity index (χ0v) is 19.0. The number of nitrogens with zero attached hydrogens (tertiary/aromatic N) is 3. The molecule has 170 valence electrons. The molecule has 2 aromatic heterocycles. The summed E-state index contributed by atoms with van der Waals surface area (Å²) < 4.78 is 3.23. The van der Waals surface area contributed by atoms with Crippen molar-refractivity contribution in [1.82, 2.24) is 19.1 Å². The monoisotopic (exact) mass is 436 g/mol. The molecular formula is C25H32N4O3. The number of aromatic nitrogens is 4. The molecule has 3 aromatic rings. The third-order valence-electron chi connectivity index (χ3n) is 7.00. The molecule has 1 N–H and O–H groups in total. The topological polar surface area (TPSA) is 89.8 Å². The summed E-state index contributed by atoms with van der Waals surface area (Å²) in [5, 5.41) is 0. The standard InChI is InChI=1S/C25H32N4O3/c1-3-17-9-12-20(13-10-17)21(30)14-11-18-5-7-19(8-6-18)15-29-23-22(24(31)27-25(29)32)28(4-2)16-26-23/h5-8,16-17,20H,3-4,9-15H2,1-2H3,(H,27,31,32). The van der Waals surface area contributed by atoms with E-state index in [1.165, 1.54) is 23.8 Å². The lowest BCUT2D eigenvalue weighted by Gasteiger charge is -2.26. The first-order chi connectivity index (χ1) is 15.5. The number of nitrogens with one attached hydrogen (secondary N) is 1. The molecule has 0 spiro atoms. The van der Waals surface area contributed by atoms with Crippen LogP contribution in [0.25, 0.3) is 11.2 Å². The molecule has 32 heavy (non-hydrogen) atoms. The van der Waals surface area contributed by atoms with Gasteiger partial charge in [-0.05, 0) is 56.1 Å². The number of benzene rings is 1. The van der Waals surface area contributed by atoms with Crippen LogP contribution in [0.5, 0.6) is 0 Å². The number of aryl methyl sites for hydroxylation is 2. The molecule has 7 heteroatoms. The van der Waals surface area contributed by atoms with Crippen LogP contribution in [0.1, 0.15) is 63.5 Å². The summed E-state index contributed by atoms with van der Waals surface area (Å²) in [5.74, 6) is 1.45. The zero-order chi connectivity index (χ0) is 22.7. The fraction of sp³-hybridized carbons (Fsp3) is 0.520. The van der Waals surface area contributed by atoms with Crippen molar-refractivity contribution < 1.29 is 4.79 Å². The van der Waals surface area contributed by atoms with Gasteiger partial charge in [-0.15, -0.1) is 0 Å². The molecule has 0 radical (unpaired) electrons. The fourth-order valence-corrected chi connectivity index (χ4v) is 4.87. The second kappa shape index (κ2) is 9.67. The Morgan fingerprint density at radius 1 is 1.06 bits per heavy atom. The lowest BCUT2D eigenvalue weighted by atomic mass is 9.78. The van der Waals surface area contributed by atoms with Crippen molar-refractivity contribution in [2.45, 2.75) is 71.9 Å². The highest BCUT2D eigenvalue weighted by molar-refractivity contribution is 5.81. The molecule has 0 bridgehead atoms. The number of imidazole rings is 1. The van der Waals surface area contributed by atoms with E-state index in [1.807, 2.05) is 31.2 Å². The van der Waals surface area contributed by atoms with Crippen LogP contribution in [0.2, 0.25) is 0 Å². The van der Waals surface area contributed by atoms with E-state index >= 15 is 0 Å². The van der Waals surface area contributed by atoms with Crippen LogP contribution in [0.3, 0.4) is 0 Å². The van der Waals surface area contributed by atoms with E-state index in [0.717, 1.165) is 36.3 Å². The van der Waals surface area contributed by atoms with Crippen LogP contribution in [0.4, 0.5) is 0 Å². The van der Waals surface area contributed by atoms with Crippen molar-refractivity contribution >= 4 is 16.9 Å². The Kier molecular flexibility index (Phi) is 6.72. The predicted molar refractivity (Wildman–Crippen MR) is 125 cm³/mol. The summed E-state index contributed by atoms with van der Waals surface area (Å²) in [5.41, 5.74) is 2.00. The molecule has 0 amide bonds. The van der Waals surface area contributed by atoms with Gasteiger partial charge in [-0.1, -0.05) is 37.6 Å². The summed E-state index contributed by atoms with van der Waals surface area (Å²) in [6, 6.07) is 8.00. The van der Waals surface area contributed by atoms with E-state index in [-0.39, 0.29) is 5.92 Å². The Morgan fingerprint density at radius 2 is 1.75 bits per heavy atom. The van der Waals surface area contributed by atoms with E-state index in [9.17, 15) is 14.4 Å². The lowest BCUT2D eigenvalue weighted by Crippen LogP contribution is -2.31. The van der Waals surface area contributed by atoms with Gasteiger partial charge in [-0.25, -0.2) is 9.78 Å². The van der Waals surface area contributed by atoms with Crippen LogP contribution in [-0.2, 0) is 24.3 Å². The van der Waals surface area contributed by atoms with Crippen molar-refractivity contribution in [3.63, 3.8) is 0 Å². The van der Waals surface area contributed by atoms with Crippen LogP contribution in [0, 0.1) is 11.8 Å². The van der Waals surface area contributed by atoms with Crippen molar-refractivity contribution in [3.8, 4) is 0 Å². The molecular weight excluding hydrogens is 404 g/mol. The Bertz CT molecular complexity index is 1190. The first kappa shape index (κ1) is 22.2. The molecule has 0 atom stereocenters. The van der Waals surface area contributed by atoms with Crippen LogP contribution in [0.15, 0.2) is 40.2 Å². The molecule has 1 aliphatic rings. The van der Waals surface area contributed by atoms with Gasteiger partial charge in [0.05, 0.1) is 12.9 Å². The van der Waals surface area contributed by atoms with Gasteiger partial charge in [0.2, 0.25) is 0 Å². The Labute approximate surface area is 187 Å². The Hall–Kier alpha value is -2.96. The average Bonchev–Trinajstić information content (AvgIpc) is 3.26. The molecule has 0 saturated heterocycles. The molecule has 1 saturated carbocycles. The van der Waals surface area contributed by atoms with E-state index in [0.29, 0.717) is 36.5 Å². The fourth-order valence-electron chi connectivity index (χ4n) is 4.87. The summed E-state index contributed by atoms with van der Waals surface area (Å²) in [4.78, 5) is 43.9. The maximum atomic E-state index is 12.6. The van der Waals surface area contributed by atoms with Gasteiger partial charge in [0.25, 0.3) is 5.56 Å². The highest BCUT2D eigenvalue weighted by Gasteiger charge is 2.24. The average molecular weight is 437 g/mol. The largest absolute Gasteiger partial charge is 0.330 e. The van der Waals surface area contributed by atoms with Gasteiger partial charge in [-0.2, -0.15) is 0 Å². The number of fused-ring (bicyclic) bond motifs is 1. The van der Waals surface area contributed by atoms with E-state index in [2.05, 4.69) is 16.9 Å². The predicted octanol–water partition coefficient (Wildman–Crippen LogP) is 3.67. The minimum Gasteiger partial charge on any atom is -0.325 e. The number of aromatic amines is 1. The van der Waals surface area contributed by atoms with Gasteiger partial charge in [0.15, 0.2) is 11.2 Å². The zero-order valence-electron chi connectivity index (χ0n) is 19.0. The van der Waals surface area contributed by atoms with Crippen LogP contribution < -0.4 is 11.2 Å². The molecule has 1 aliphatic carbocycles. The third-order valence-corrected chi connectivity index (χ3v) is 7.00. The smallest absolute Gasteiger partial charge is 0.325 e. The maximum absolute atomic E-state index is 12.6. The van der Waals surface area contributed by atoms with E-state index in [4.69, 9.17) is 0 Å². The number of hydrogen-bond acceptors (Lipinski definition) is 4. The maximum Gasteiger partial charge on any atom is 0.330 e.